The van der Waals surface area contributed by atoms with Gasteiger partial charge in [-0.1, -0.05) is 0 Å². The quantitative estimate of drug-likeness (QED) is 0.457. The smallest absolute Gasteiger partial charge is 0.222 e. The van der Waals surface area contributed by atoms with Gasteiger partial charge in [-0.3, -0.25) is 5.73 Å². The van der Waals surface area contributed by atoms with Crippen molar-refractivity contribution < 1.29 is 0 Å². The summed E-state index contributed by atoms with van der Waals surface area (Å²) in [7, 11) is 0. The van der Waals surface area contributed by atoms with Crippen molar-refractivity contribution in [2.75, 3.05) is 19.6 Å². The second-order valence-corrected chi connectivity index (χ2v) is 4.32. The summed E-state index contributed by atoms with van der Waals surface area (Å²) in [5.41, 5.74) is 17.2. The minimum atomic E-state index is -0.904. The van der Waals surface area contributed by atoms with Gasteiger partial charge in [0, 0.05) is 13.0 Å². The second-order valence-electron chi connectivity index (χ2n) is 4.32. The molecule has 0 saturated carbocycles. The van der Waals surface area contributed by atoms with Gasteiger partial charge < -0.3 is 21.7 Å². The van der Waals surface area contributed by atoms with Crippen LogP contribution >= 0.6 is 0 Å². The fraction of sp³-hybridized carbons (Fsp3) is 0.778. The largest absolute Gasteiger partial charge is 0.369 e. The van der Waals surface area contributed by atoms with Crippen molar-refractivity contribution in [3.8, 4) is 0 Å². The van der Waals surface area contributed by atoms with Crippen LogP contribution in [0, 0.1) is 0 Å². The van der Waals surface area contributed by atoms with E-state index < -0.39 is 5.79 Å². The summed E-state index contributed by atoms with van der Waals surface area (Å²) in [6.07, 6.45) is 3.20. The van der Waals surface area contributed by atoms with E-state index in [1.807, 2.05) is 0 Å². The maximum absolute atomic E-state index is 6.05. The zero-order valence-electron chi connectivity index (χ0n) is 9.32. The molecule has 0 aromatic heterocycles. The summed E-state index contributed by atoms with van der Waals surface area (Å²) < 4.78 is 0. The third-order valence-corrected chi connectivity index (χ3v) is 2.90. The van der Waals surface area contributed by atoms with Gasteiger partial charge in [0.25, 0.3) is 0 Å². The van der Waals surface area contributed by atoms with Gasteiger partial charge in [0.1, 0.15) is 0 Å². The Kier molecular flexibility index (Phi) is 2.97. The van der Waals surface area contributed by atoms with Crippen molar-refractivity contribution in [1.29, 1.82) is 0 Å². The van der Waals surface area contributed by atoms with Gasteiger partial charge >= 0.3 is 0 Å². The monoisotopic (exact) mass is 225 g/mol. The molecule has 0 bridgehead atoms. The first-order valence-corrected chi connectivity index (χ1v) is 5.56. The van der Waals surface area contributed by atoms with Crippen LogP contribution in [0.25, 0.3) is 0 Å². The normalized spacial score (nSPS) is 30.8. The average molecular weight is 225 g/mol. The van der Waals surface area contributed by atoms with Gasteiger partial charge in [0.15, 0.2) is 11.7 Å². The van der Waals surface area contributed by atoms with Crippen LogP contribution in [0.3, 0.4) is 0 Å². The first-order valence-electron chi connectivity index (χ1n) is 5.56. The highest BCUT2D eigenvalue weighted by Crippen LogP contribution is 2.13. The number of guanidine groups is 2. The number of likely N-dealkylation sites (tertiary alicyclic amines) is 1. The van der Waals surface area contributed by atoms with Gasteiger partial charge in [-0.25, -0.2) is 4.99 Å². The first-order chi connectivity index (χ1) is 7.57. The molecule has 0 aliphatic carbocycles. The van der Waals surface area contributed by atoms with Crippen LogP contribution in [0.4, 0.5) is 0 Å². The van der Waals surface area contributed by atoms with Crippen molar-refractivity contribution >= 4 is 11.9 Å². The molecule has 1 fully saturated rings. The third-order valence-electron chi connectivity index (χ3n) is 2.90. The van der Waals surface area contributed by atoms with Crippen molar-refractivity contribution in [3.05, 3.63) is 0 Å². The molecular weight excluding hydrogens is 206 g/mol. The topological polar surface area (TPSA) is 118 Å². The molecule has 0 radical (unpaired) electrons. The van der Waals surface area contributed by atoms with Gasteiger partial charge in [-0.05, 0) is 25.9 Å². The van der Waals surface area contributed by atoms with Crippen LogP contribution in [0.2, 0.25) is 0 Å². The molecule has 2 heterocycles. The van der Waals surface area contributed by atoms with Crippen molar-refractivity contribution in [3.63, 3.8) is 0 Å². The third kappa shape index (κ3) is 2.61. The van der Waals surface area contributed by atoms with Crippen molar-refractivity contribution in [1.82, 2.24) is 10.2 Å². The Hall–Kier alpha value is -1.34. The Bertz CT molecular complexity index is 318. The molecule has 7 nitrogen and oxygen atoms in total. The summed E-state index contributed by atoms with van der Waals surface area (Å²) in [6, 6.07) is 0. The minimum Gasteiger partial charge on any atom is -0.369 e. The molecule has 90 valence electrons. The van der Waals surface area contributed by atoms with Gasteiger partial charge in [0.2, 0.25) is 5.96 Å². The van der Waals surface area contributed by atoms with E-state index in [1.54, 1.807) is 0 Å². The van der Waals surface area contributed by atoms with Crippen molar-refractivity contribution in [2.24, 2.45) is 27.2 Å². The molecule has 2 rings (SSSR count). The number of nitrogens with one attached hydrogen (secondary N) is 1. The lowest BCUT2D eigenvalue weighted by atomic mass is 10.2. The molecule has 0 aromatic carbocycles. The first kappa shape index (κ1) is 11.2. The molecule has 7 heteroatoms. The van der Waals surface area contributed by atoms with E-state index in [-0.39, 0.29) is 11.9 Å². The van der Waals surface area contributed by atoms with Crippen LogP contribution in [0.5, 0.6) is 0 Å². The lowest BCUT2D eigenvalue weighted by Gasteiger charge is -2.31. The molecule has 16 heavy (non-hydrogen) atoms. The highest BCUT2D eigenvalue weighted by Gasteiger charge is 2.29. The Morgan fingerprint density at radius 3 is 2.62 bits per heavy atom. The van der Waals surface area contributed by atoms with Gasteiger partial charge in [0.05, 0.1) is 0 Å². The predicted octanol–water partition coefficient (Wildman–Crippen LogP) is -1.68. The minimum absolute atomic E-state index is 0.139. The van der Waals surface area contributed by atoms with E-state index in [0.717, 1.165) is 19.6 Å². The lowest BCUT2D eigenvalue weighted by molar-refractivity contribution is 0.271. The van der Waals surface area contributed by atoms with E-state index in [9.17, 15) is 0 Å². The van der Waals surface area contributed by atoms with Gasteiger partial charge in [-0.15, -0.1) is 0 Å². The molecular formula is C9H19N7. The van der Waals surface area contributed by atoms with Crippen LogP contribution < -0.4 is 22.5 Å². The van der Waals surface area contributed by atoms with Crippen LogP contribution in [0.15, 0.2) is 9.98 Å². The molecule has 1 atom stereocenters. The van der Waals surface area contributed by atoms with E-state index in [2.05, 4.69) is 20.2 Å². The molecule has 7 N–H and O–H groups in total. The fourth-order valence-electron chi connectivity index (χ4n) is 2.08. The van der Waals surface area contributed by atoms with Gasteiger partial charge in [-0.2, -0.15) is 4.99 Å². The number of hydrogen-bond donors (Lipinski definition) is 4. The molecule has 2 aliphatic rings. The second kappa shape index (κ2) is 4.26. The average Bonchev–Trinajstić information content (AvgIpc) is 2.64. The van der Waals surface area contributed by atoms with E-state index >= 15 is 0 Å². The molecule has 0 amide bonds. The SMILES string of the molecule is NC1=NC(N)(CCN2CCCC2)NC(N)=N1. The predicted molar refractivity (Wildman–Crippen MR) is 63.6 cm³/mol. The molecule has 0 aromatic rings. The summed E-state index contributed by atoms with van der Waals surface area (Å²) in [5, 5.41) is 2.86. The number of aliphatic imine (C=N–C) groups is 2. The molecule has 1 unspecified atom stereocenters. The number of nitrogens with zero attached hydrogens (tertiary/aromatic N) is 3. The highest BCUT2D eigenvalue weighted by molar-refractivity contribution is 5.95. The standard InChI is InChI=1S/C9H19N7/c10-7-13-8(11)15-9(12,14-7)3-6-16-4-1-2-5-16/h1-6,12H2,(H5,10,11,13,14,15). The Labute approximate surface area is 94.8 Å². The molecule has 0 spiro atoms. The Balaban J connectivity index is 1.90. The van der Waals surface area contributed by atoms with E-state index in [1.165, 1.54) is 12.8 Å². The molecule has 1 saturated heterocycles. The van der Waals surface area contributed by atoms with Crippen LogP contribution in [-0.2, 0) is 0 Å². The number of rotatable bonds is 3. The summed E-state index contributed by atoms with van der Waals surface area (Å²) in [5.74, 6) is -0.532. The number of hydrogen-bond acceptors (Lipinski definition) is 7. The molecule has 2 aliphatic heterocycles. The highest BCUT2D eigenvalue weighted by atomic mass is 15.4. The maximum Gasteiger partial charge on any atom is 0.222 e. The fourth-order valence-corrected chi connectivity index (χ4v) is 2.08. The zero-order chi connectivity index (χ0) is 11.6. The van der Waals surface area contributed by atoms with Crippen molar-refractivity contribution in [2.45, 2.75) is 25.0 Å². The van der Waals surface area contributed by atoms with E-state index in [0.29, 0.717) is 6.42 Å². The summed E-state index contributed by atoms with van der Waals surface area (Å²) in [4.78, 5) is 10.2. The summed E-state index contributed by atoms with van der Waals surface area (Å²) in [6.45, 7) is 3.17. The Morgan fingerprint density at radius 2 is 2.00 bits per heavy atom. The Morgan fingerprint density at radius 1 is 1.31 bits per heavy atom. The number of nitrogens with two attached hydrogens (primary N) is 3. The van der Waals surface area contributed by atoms with Crippen LogP contribution in [-0.4, -0.2) is 42.2 Å². The lowest BCUT2D eigenvalue weighted by Crippen LogP contribution is -2.60. The van der Waals surface area contributed by atoms with Crippen LogP contribution in [0.1, 0.15) is 19.3 Å². The summed E-state index contributed by atoms with van der Waals surface area (Å²) >= 11 is 0. The zero-order valence-corrected chi connectivity index (χ0v) is 9.32. The van der Waals surface area contributed by atoms with E-state index in [4.69, 9.17) is 17.2 Å². The maximum atomic E-state index is 6.05.